The van der Waals surface area contributed by atoms with Crippen LogP contribution in [0.4, 0.5) is 0 Å². The van der Waals surface area contributed by atoms with E-state index in [4.69, 9.17) is 0 Å². The molecular formula is C18H13N7S. The first-order valence-electron chi connectivity index (χ1n) is 8.05. The van der Waals surface area contributed by atoms with E-state index in [2.05, 4.69) is 30.0 Å². The topological polar surface area (TPSA) is 85.2 Å². The summed E-state index contributed by atoms with van der Waals surface area (Å²) in [4.78, 5) is 20.9. The first kappa shape index (κ1) is 15.0. The summed E-state index contributed by atoms with van der Waals surface area (Å²) in [7, 11) is 0. The average Bonchev–Trinajstić information content (AvgIpc) is 3.31. The minimum atomic E-state index is 0.666. The van der Waals surface area contributed by atoms with Crippen LogP contribution in [0.15, 0.2) is 66.2 Å². The lowest BCUT2D eigenvalue weighted by atomic mass is 10.3. The van der Waals surface area contributed by atoms with Gasteiger partial charge in [-0.3, -0.25) is 0 Å². The maximum absolute atomic E-state index is 4.51. The van der Waals surface area contributed by atoms with Gasteiger partial charge < -0.3 is 4.98 Å². The van der Waals surface area contributed by atoms with Crippen molar-refractivity contribution < 1.29 is 0 Å². The molecule has 0 aliphatic carbocycles. The van der Waals surface area contributed by atoms with Crippen molar-refractivity contribution >= 4 is 34.0 Å². The number of imidazole rings is 1. The van der Waals surface area contributed by atoms with E-state index in [1.54, 1.807) is 24.3 Å². The van der Waals surface area contributed by atoms with Crippen LogP contribution in [0.3, 0.4) is 0 Å². The Hall–Kier alpha value is -3.26. The molecule has 0 spiro atoms. The highest BCUT2D eigenvalue weighted by Crippen LogP contribution is 2.28. The number of hydrogen-bond acceptors (Lipinski definition) is 6. The van der Waals surface area contributed by atoms with Gasteiger partial charge in [0.25, 0.3) is 0 Å². The Morgan fingerprint density at radius 2 is 1.92 bits per heavy atom. The number of hydrogen-bond donors (Lipinski definition) is 1. The number of aromatic amines is 1. The van der Waals surface area contributed by atoms with Crippen LogP contribution in [0.5, 0.6) is 0 Å². The molecule has 0 saturated heterocycles. The van der Waals surface area contributed by atoms with Crippen LogP contribution in [-0.4, -0.2) is 34.7 Å². The lowest BCUT2D eigenvalue weighted by Crippen LogP contribution is -1.97. The molecule has 0 atom stereocenters. The molecule has 1 N–H and O–H groups in total. The third-order valence-corrected chi connectivity index (χ3v) is 5.00. The molecule has 5 aromatic rings. The van der Waals surface area contributed by atoms with Crippen LogP contribution >= 0.6 is 11.8 Å². The van der Waals surface area contributed by atoms with Gasteiger partial charge in [0.05, 0.1) is 28.5 Å². The maximum atomic E-state index is 4.51. The number of pyridine rings is 1. The van der Waals surface area contributed by atoms with Gasteiger partial charge >= 0.3 is 0 Å². The van der Waals surface area contributed by atoms with Gasteiger partial charge in [0.15, 0.2) is 11.3 Å². The Labute approximate surface area is 152 Å². The van der Waals surface area contributed by atoms with Gasteiger partial charge in [-0.2, -0.15) is 5.10 Å². The van der Waals surface area contributed by atoms with E-state index in [0.717, 1.165) is 38.7 Å². The molecule has 0 unspecified atom stereocenters. The van der Waals surface area contributed by atoms with E-state index >= 15 is 0 Å². The molecule has 7 nitrogen and oxygen atoms in total. The largest absolute Gasteiger partial charge is 0.340 e. The van der Waals surface area contributed by atoms with E-state index in [1.807, 2.05) is 53.3 Å². The fourth-order valence-electron chi connectivity index (χ4n) is 2.80. The Morgan fingerprint density at radius 3 is 2.81 bits per heavy atom. The van der Waals surface area contributed by atoms with E-state index in [9.17, 15) is 0 Å². The zero-order valence-corrected chi connectivity index (χ0v) is 14.4. The molecule has 4 aromatic heterocycles. The SMILES string of the molecule is c1ccc(-n2ncc3c(SCc4nc5ncccc5[nH]4)ncnc32)cc1. The molecule has 0 aliphatic heterocycles. The average molecular weight is 359 g/mol. The molecule has 0 saturated carbocycles. The van der Waals surface area contributed by atoms with Gasteiger partial charge in [0.2, 0.25) is 0 Å². The Kier molecular flexibility index (Phi) is 3.60. The van der Waals surface area contributed by atoms with Gasteiger partial charge in [-0.05, 0) is 24.3 Å². The highest BCUT2D eigenvalue weighted by Gasteiger charge is 2.12. The fraction of sp³-hybridized carbons (Fsp3) is 0.0556. The van der Waals surface area contributed by atoms with Crippen LogP contribution in [-0.2, 0) is 5.75 Å². The smallest absolute Gasteiger partial charge is 0.177 e. The van der Waals surface area contributed by atoms with Crippen molar-refractivity contribution in [3.05, 3.63) is 67.0 Å². The summed E-state index contributed by atoms with van der Waals surface area (Å²) in [5.41, 5.74) is 3.43. The van der Waals surface area contributed by atoms with Gasteiger partial charge in [0.1, 0.15) is 17.2 Å². The monoisotopic (exact) mass is 359 g/mol. The number of nitrogens with one attached hydrogen (secondary N) is 1. The Balaban J connectivity index is 1.46. The molecule has 1 aromatic carbocycles. The van der Waals surface area contributed by atoms with Crippen molar-refractivity contribution in [1.29, 1.82) is 0 Å². The number of aromatic nitrogens is 7. The lowest BCUT2D eigenvalue weighted by molar-refractivity contribution is 0.893. The van der Waals surface area contributed by atoms with E-state index < -0.39 is 0 Å². The second-order valence-corrected chi connectivity index (χ2v) is 6.62. The summed E-state index contributed by atoms with van der Waals surface area (Å²) < 4.78 is 1.83. The highest BCUT2D eigenvalue weighted by molar-refractivity contribution is 7.98. The fourth-order valence-corrected chi connectivity index (χ4v) is 3.63. The minimum absolute atomic E-state index is 0.666. The van der Waals surface area contributed by atoms with Crippen molar-refractivity contribution in [3.8, 4) is 5.69 Å². The highest BCUT2D eigenvalue weighted by atomic mass is 32.2. The van der Waals surface area contributed by atoms with Crippen molar-refractivity contribution in [2.45, 2.75) is 10.8 Å². The van der Waals surface area contributed by atoms with Gasteiger partial charge in [-0.15, -0.1) is 0 Å². The van der Waals surface area contributed by atoms with Crippen molar-refractivity contribution in [2.75, 3.05) is 0 Å². The molecule has 5 rings (SSSR count). The van der Waals surface area contributed by atoms with Crippen molar-refractivity contribution in [2.24, 2.45) is 0 Å². The zero-order valence-electron chi connectivity index (χ0n) is 13.6. The van der Waals surface area contributed by atoms with Crippen LogP contribution in [0.25, 0.3) is 27.9 Å². The summed E-state index contributed by atoms with van der Waals surface area (Å²) in [6, 6.07) is 13.8. The van der Waals surface area contributed by atoms with Crippen molar-refractivity contribution in [3.63, 3.8) is 0 Å². The summed E-state index contributed by atoms with van der Waals surface area (Å²) in [6.07, 6.45) is 5.13. The summed E-state index contributed by atoms with van der Waals surface area (Å²) in [6.45, 7) is 0. The second-order valence-electron chi connectivity index (χ2n) is 5.65. The quantitative estimate of drug-likeness (QED) is 0.391. The summed E-state index contributed by atoms with van der Waals surface area (Å²) in [5.74, 6) is 1.53. The summed E-state index contributed by atoms with van der Waals surface area (Å²) in [5, 5.41) is 6.29. The van der Waals surface area contributed by atoms with Crippen LogP contribution in [0, 0.1) is 0 Å². The third-order valence-electron chi connectivity index (χ3n) is 3.98. The van der Waals surface area contributed by atoms with Crippen molar-refractivity contribution in [1.82, 2.24) is 34.7 Å². The molecule has 126 valence electrons. The van der Waals surface area contributed by atoms with Gasteiger partial charge in [-0.25, -0.2) is 24.6 Å². The number of nitrogens with zero attached hydrogens (tertiary/aromatic N) is 6. The number of H-pyrrole nitrogens is 1. The molecule has 0 fully saturated rings. The normalized spacial score (nSPS) is 11.4. The number of benzene rings is 1. The molecule has 0 aliphatic rings. The molecule has 26 heavy (non-hydrogen) atoms. The van der Waals surface area contributed by atoms with Crippen LogP contribution in [0.2, 0.25) is 0 Å². The van der Waals surface area contributed by atoms with Crippen LogP contribution < -0.4 is 0 Å². The lowest BCUT2D eigenvalue weighted by Gasteiger charge is -2.03. The first-order chi connectivity index (χ1) is 12.9. The third kappa shape index (κ3) is 2.60. The van der Waals surface area contributed by atoms with Crippen LogP contribution in [0.1, 0.15) is 5.82 Å². The Bertz CT molecular complexity index is 1160. The summed E-state index contributed by atoms with van der Waals surface area (Å²) >= 11 is 1.60. The predicted octanol–water partition coefficient (Wildman–Crippen LogP) is 3.38. The molecule has 0 bridgehead atoms. The molecule has 0 amide bonds. The molecule has 0 radical (unpaired) electrons. The van der Waals surface area contributed by atoms with Gasteiger partial charge in [0, 0.05) is 6.20 Å². The maximum Gasteiger partial charge on any atom is 0.177 e. The number of rotatable bonds is 4. The standard InChI is InChI=1S/C18H13N7S/c1-2-5-12(6-3-1)25-17-13(9-22-25)18(21-11-20-17)26-10-15-23-14-7-4-8-19-16(14)24-15/h1-9,11H,10H2,(H,19,23,24). The zero-order chi connectivity index (χ0) is 17.3. The number of fused-ring (bicyclic) bond motifs is 2. The molecule has 8 heteroatoms. The van der Waals surface area contributed by atoms with E-state index in [0.29, 0.717) is 5.75 Å². The Morgan fingerprint density at radius 1 is 1.00 bits per heavy atom. The number of para-hydroxylation sites is 1. The van der Waals surface area contributed by atoms with E-state index in [1.165, 1.54) is 0 Å². The minimum Gasteiger partial charge on any atom is -0.340 e. The second kappa shape index (κ2) is 6.23. The molecular weight excluding hydrogens is 346 g/mol. The number of thioether (sulfide) groups is 1. The van der Waals surface area contributed by atoms with Gasteiger partial charge in [-0.1, -0.05) is 30.0 Å². The van der Waals surface area contributed by atoms with E-state index in [-0.39, 0.29) is 0 Å². The predicted molar refractivity (Wildman–Crippen MR) is 100 cm³/mol. The first-order valence-corrected chi connectivity index (χ1v) is 9.03. The molecule has 4 heterocycles.